The number of anilines is 1. The average Bonchev–Trinajstić information content (AvgIpc) is 2.88. The van der Waals surface area contributed by atoms with E-state index in [1.54, 1.807) is 49.4 Å². The lowest BCUT2D eigenvalue weighted by atomic mass is 10.1. The molecule has 0 aliphatic rings. The minimum atomic E-state index is -4.07. The lowest BCUT2D eigenvalue weighted by Gasteiger charge is -2.32. The molecular weight excluding hydrogens is 554 g/mol. The molecule has 0 aliphatic carbocycles. The van der Waals surface area contributed by atoms with Gasteiger partial charge in [0, 0.05) is 17.6 Å². The largest absolute Gasteiger partial charge is 0.354 e. The van der Waals surface area contributed by atoms with Crippen LogP contribution >= 0.6 is 15.9 Å². The molecule has 9 heteroatoms. The van der Waals surface area contributed by atoms with Gasteiger partial charge in [0.2, 0.25) is 11.8 Å². The lowest BCUT2D eigenvalue weighted by Crippen LogP contribution is -2.51. The highest BCUT2D eigenvalue weighted by molar-refractivity contribution is 9.10. The molecule has 3 aromatic carbocycles. The molecule has 37 heavy (non-hydrogen) atoms. The van der Waals surface area contributed by atoms with Crippen LogP contribution in [0.5, 0.6) is 0 Å². The summed E-state index contributed by atoms with van der Waals surface area (Å²) in [5, 5.41) is 2.84. The number of carbonyl (C=O) groups is 2. The summed E-state index contributed by atoms with van der Waals surface area (Å²) in [5.74, 6) is -0.775. The van der Waals surface area contributed by atoms with Crippen molar-refractivity contribution >= 4 is 43.5 Å². The fraction of sp³-hybridized carbons (Fsp3) is 0.286. The predicted molar refractivity (Wildman–Crippen MR) is 150 cm³/mol. The van der Waals surface area contributed by atoms with Crippen LogP contribution in [0.15, 0.2) is 88.2 Å². The molecule has 2 amide bonds. The van der Waals surface area contributed by atoms with Crippen molar-refractivity contribution in [1.82, 2.24) is 10.2 Å². The zero-order valence-electron chi connectivity index (χ0n) is 21.2. The van der Waals surface area contributed by atoms with E-state index in [-0.39, 0.29) is 17.3 Å². The maximum atomic E-state index is 13.8. The number of amides is 2. The number of hydrogen-bond donors (Lipinski definition) is 1. The van der Waals surface area contributed by atoms with Gasteiger partial charge >= 0.3 is 0 Å². The third kappa shape index (κ3) is 7.42. The van der Waals surface area contributed by atoms with Gasteiger partial charge in [-0.15, -0.1) is 0 Å². The Kier molecular flexibility index (Phi) is 9.88. The highest BCUT2D eigenvalue weighted by atomic mass is 79.9. The average molecular weight is 587 g/mol. The van der Waals surface area contributed by atoms with Crippen molar-refractivity contribution in [1.29, 1.82) is 0 Å². The van der Waals surface area contributed by atoms with Gasteiger partial charge in [-0.3, -0.25) is 13.9 Å². The van der Waals surface area contributed by atoms with E-state index in [0.717, 1.165) is 21.9 Å². The number of nitrogens with zero attached hydrogens (tertiary/aromatic N) is 2. The summed E-state index contributed by atoms with van der Waals surface area (Å²) < 4.78 is 29.2. The Balaban J connectivity index is 2.01. The van der Waals surface area contributed by atoms with E-state index in [0.29, 0.717) is 16.7 Å². The standard InChI is InChI=1S/C28H32BrN3O4S/c1-4-16-30-28(34)22(3)31(19-23-11-8-10-21(2)17-23)27(33)20-32(25-13-9-12-24(29)18-25)37(35,36)26-14-6-5-7-15-26/h5-15,17-18,22H,4,16,19-20H2,1-3H3,(H,30,34)/t22-/m0/s1. The molecule has 0 saturated heterocycles. The molecule has 7 nitrogen and oxygen atoms in total. The zero-order chi connectivity index (χ0) is 27.0. The Morgan fingerprint density at radius 3 is 2.32 bits per heavy atom. The van der Waals surface area contributed by atoms with E-state index < -0.39 is 28.5 Å². The highest BCUT2D eigenvalue weighted by Gasteiger charge is 2.32. The Hall–Kier alpha value is -3.17. The van der Waals surface area contributed by atoms with E-state index in [2.05, 4.69) is 21.2 Å². The van der Waals surface area contributed by atoms with Gasteiger partial charge in [0.05, 0.1) is 10.6 Å². The fourth-order valence-electron chi connectivity index (χ4n) is 3.87. The Morgan fingerprint density at radius 1 is 0.973 bits per heavy atom. The van der Waals surface area contributed by atoms with E-state index >= 15 is 0 Å². The first-order valence-corrected chi connectivity index (χ1v) is 14.3. The van der Waals surface area contributed by atoms with Crippen molar-refractivity contribution in [2.24, 2.45) is 0 Å². The van der Waals surface area contributed by atoms with Gasteiger partial charge in [0.25, 0.3) is 10.0 Å². The van der Waals surface area contributed by atoms with E-state index in [1.807, 2.05) is 38.1 Å². The van der Waals surface area contributed by atoms with Crippen LogP contribution in [0.3, 0.4) is 0 Å². The number of hydrogen-bond acceptors (Lipinski definition) is 4. The molecule has 0 heterocycles. The first-order chi connectivity index (χ1) is 17.6. The molecule has 0 radical (unpaired) electrons. The van der Waals surface area contributed by atoms with Crippen molar-refractivity contribution in [3.8, 4) is 0 Å². The molecule has 0 fully saturated rings. The molecule has 196 valence electrons. The van der Waals surface area contributed by atoms with Crippen molar-refractivity contribution in [3.63, 3.8) is 0 Å². The molecule has 1 atom stereocenters. The fourth-order valence-corrected chi connectivity index (χ4v) is 5.68. The number of halogens is 1. The molecule has 0 aliphatic heterocycles. The van der Waals surface area contributed by atoms with Crippen LogP contribution in [0.25, 0.3) is 0 Å². The Morgan fingerprint density at radius 2 is 1.68 bits per heavy atom. The van der Waals surface area contributed by atoms with Gasteiger partial charge in [0.15, 0.2) is 0 Å². The second-order valence-corrected chi connectivity index (χ2v) is 11.6. The first kappa shape index (κ1) is 28.4. The van der Waals surface area contributed by atoms with Gasteiger partial charge in [-0.2, -0.15) is 0 Å². The summed E-state index contributed by atoms with van der Waals surface area (Å²) in [7, 11) is -4.07. The topological polar surface area (TPSA) is 86.8 Å². The number of aryl methyl sites for hydroxylation is 1. The first-order valence-electron chi connectivity index (χ1n) is 12.1. The normalized spacial score (nSPS) is 12.0. The smallest absolute Gasteiger partial charge is 0.264 e. The second kappa shape index (κ2) is 12.9. The number of rotatable bonds is 11. The zero-order valence-corrected chi connectivity index (χ0v) is 23.6. The molecule has 3 rings (SSSR count). The van der Waals surface area contributed by atoms with Crippen LogP contribution < -0.4 is 9.62 Å². The monoisotopic (exact) mass is 585 g/mol. The number of sulfonamides is 1. The highest BCUT2D eigenvalue weighted by Crippen LogP contribution is 2.27. The Bertz CT molecular complexity index is 1330. The molecular formula is C28H32BrN3O4S. The number of carbonyl (C=O) groups excluding carboxylic acids is 2. The van der Waals surface area contributed by atoms with Gasteiger partial charge in [-0.1, -0.05) is 76.9 Å². The van der Waals surface area contributed by atoms with Gasteiger partial charge in [0.1, 0.15) is 12.6 Å². The van der Waals surface area contributed by atoms with E-state index in [1.165, 1.54) is 17.0 Å². The minimum Gasteiger partial charge on any atom is -0.354 e. The maximum absolute atomic E-state index is 13.8. The van der Waals surface area contributed by atoms with Crippen LogP contribution in [0.1, 0.15) is 31.4 Å². The van der Waals surface area contributed by atoms with E-state index in [9.17, 15) is 18.0 Å². The van der Waals surface area contributed by atoms with Gasteiger partial charge in [-0.25, -0.2) is 8.42 Å². The van der Waals surface area contributed by atoms with Crippen LogP contribution in [-0.4, -0.2) is 44.3 Å². The van der Waals surface area contributed by atoms with Crippen molar-refractivity contribution < 1.29 is 18.0 Å². The third-order valence-corrected chi connectivity index (χ3v) is 8.14. The molecule has 1 N–H and O–H groups in total. The quantitative estimate of drug-likeness (QED) is 0.347. The molecule has 3 aromatic rings. The van der Waals surface area contributed by atoms with Crippen molar-refractivity contribution in [2.75, 3.05) is 17.4 Å². The summed E-state index contributed by atoms with van der Waals surface area (Å²) >= 11 is 3.40. The van der Waals surface area contributed by atoms with Crippen LogP contribution in [0, 0.1) is 6.92 Å². The summed E-state index contributed by atoms with van der Waals surface area (Å²) in [6.45, 7) is 5.75. The minimum absolute atomic E-state index is 0.0711. The maximum Gasteiger partial charge on any atom is 0.264 e. The molecule has 0 unspecified atom stereocenters. The van der Waals surface area contributed by atoms with Crippen LogP contribution in [0.4, 0.5) is 5.69 Å². The Labute approximate surface area is 227 Å². The summed E-state index contributed by atoms with van der Waals surface area (Å²) in [6.07, 6.45) is 0.760. The van der Waals surface area contributed by atoms with Crippen LogP contribution in [-0.2, 0) is 26.2 Å². The number of benzene rings is 3. The molecule has 0 spiro atoms. The van der Waals surface area contributed by atoms with E-state index in [4.69, 9.17) is 0 Å². The van der Waals surface area contributed by atoms with Crippen molar-refractivity contribution in [2.45, 2.75) is 44.7 Å². The summed E-state index contributed by atoms with van der Waals surface area (Å²) in [5.41, 5.74) is 2.21. The predicted octanol–water partition coefficient (Wildman–Crippen LogP) is 4.90. The van der Waals surface area contributed by atoms with Crippen molar-refractivity contribution in [3.05, 3.63) is 94.5 Å². The van der Waals surface area contributed by atoms with Gasteiger partial charge in [-0.05, 0) is 56.2 Å². The van der Waals surface area contributed by atoms with Crippen LogP contribution in [0.2, 0.25) is 0 Å². The summed E-state index contributed by atoms with van der Waals surface area (Å²) in [6, 6.07) is 21.7. The lowest BCUT2D eigenvalue weighted by molar-refractivity contribution is -0.139. The third-order valence-electron chi connectivity index (χ3n) is 5.86. The van der Waals surface area contributed by atoms with Gasteiger partial charge < -0.3 is 10.2 Å². The molecule has 0 aromatic heterocycles. The SMILES string of the molecule is CCCNC(=O)[C@H](C)N(Cc1cccc(C)c1)C(=O)CN(c1cccc(Br)c1)S(=O)(=O)c1ccccc1. The summed E-state index contributed by atoms with van der Waals surface area (Å²) in [4.78, 5) is 28.2. The number of nitrogens with one attached hydrogen (secondary N) is 1. The second-order valence-electron chi connectivity index (χ2n) is 8.78. The molecule has 0 saturated carbocycles. The molecule has 0 bridgehead atoms.